The number of hydrogen-bond donors (Lipinski definition) is 9. The van der Waals surface area contributed by atoms with Gasteiger partial charge in [-0.3, -0.25) is 48.6 Å². The van der Waals surface area contributed by atoms with E-state index in [4.69, 9.17) is 11.5 Å². The fourth-order valence-electron chi connectivity index (χ4n) is 3.77. The van der Waals surface area contributed by atoms with E-state index in [1.165, 1.54) is 44.1 Å². The average Bonchev–Trinajstić information content (AvgIpc) is 3.54. The Morgan fingerprint density at radius 2 is 1.22 bits per heavy atom. The number of imide groups is 2. The molecule has 0 aromatic heterocycles. The monoisotopic (exact) mass is 742 g/mol. The molecular formula is C30H54N12O6S2. The molecule has 6 amide bonds. The third-order valence-corrected chi connectivity index (χ3v) is 8.00. The molecule has 2 unspecified atom stereocenters. The van der Waals surface area contributed by atoms with E-state index >= 15 is 0 Å². The number of carbonyl (C=O) groups excluding carboxylic acids is 6. The maximum absolute atomic E-state index is 11.9. The maximum atomic E-state index is 11.9. The molecule has 0 aromatic rings. The van der Waals surface area contributed by atoms with E-state index in [0.717, 1.165) is 35.1 Å². The van der Waals surface area contributed by atoms with Crippen molar-refractivity contribution < 1.29 is 28.8 Å². The van der Waals surface area contributed by atoms with Crippen molar-refractivity contribution in [3.05, 3.63) is 23.1 Å². The summed E-state index contributed by atoms with van der Waals surface area (Å²) in [5.74, 6) is 1.10. The van der Waals surface area contributed by atoms with Crippen LogP contribution in [0.5, 0.6) is 0 Å². The molecule has 0 saturated heterocycles. The summed E-state index contributed by atoms with van der Waals surface area (Å²) in [5.41, 5.74) is 11.6. The number of nitrogens with one attached hydrogen (secondary N) is 6. The summed E-state index contributed by atoms with van der Waals surface area (Å²) in [7, 11) is 9.84. The van der Waals surface area contributed by atoms with Crippen molar-refractivity contribution >= 4 is 71.8 Å². The molecule has 282 valence electrons. The van der Waals surface area contributed by atoms with Crippen molar-refractivity contribution in [2.45, 2.75) is 37.8 Å². The third-order valence-electron chi connectivity index (χ3n) is 6.76. The van der Waals surface area contributed by atoms with Crippen LogP contribution in [-0.4, -0.2) is 149 Å². The Balaban J connectivity index is 0.000000821. The minimum Gasteiger partial charge on any atom is -0.359 e. The van der Waals surface area contributed by atoms with Gasteiger partial charge in [-0.05, 0) is 25.7 Å². The van der Waals surface area contributed by atoms with Crippen LogP contribution in [0.3, 0.4) is 0 Å². The predicted octanol–water partition coefficient (Wildman–Crippen LogP) is -2.90. The number of likely N-dealkylation sites (N-methyl/N-ethyl adjacent to an activating group) is 2. The number of rotatable bonds is 16. The van der Waals surface area contributed by atoms with Crippen LogP contribution in [0.2, 0.25) is 0 Å². The number of carbonyl (C=O) groups is 6. The molecule has 2 rings (SSSR count). The summed E-state index contributed by atoms with van der Waals surface area (Å²) in [6.45, 7) is 2.34. The molecule has 50 heavy (non-hydrogen) atoms. The van der Waals surface area contributed by atoms with Crippen LogP contribution in [0, 0.1) is 0 Å². The highest BCUT2D eigenvalue weighted by atomic mass is 32.2. The molecule has 2 heterocycles. The van der Waals surface area contributed by atoms with Crippen molar-refractivity contribution in [1.82, 2.24) is 41.7 Å². The Bertz CT molecular complexity index is 1240. The molecule has 0 aliphatic carbocycles. The lowest BCUT2D eigenvalue weighted by Crippen LogP contribution is -2.42. The van der Waals surface area contributed by atoms with Gasteiger partial charge in [-0.2, -0.15) is 12.6 Å². The van der Waals surface area contributed by atoms with Crippen LogP contribution in [0.4, 0.5) is 0 Å². The van der Waals surface area contributed by atoms with Crippen LogP contribution < -0.4 is 43.4 Å². The summed E-state index contributed by atoms with van der Waals surface area (Å²) in [6, 6.07) is -1.03. The van der Waals surface area contributed by atoms with E-state index in [-0.39, 0.29) is 35.4 Å². The molecule has 0 saturated carbocycles. The summed E-state index contributed by atoms with van der Waals surface area (Å²) in [4.78, 5) is 77.6. The fraction of sp³-hybridized carbons (Fsp3) is 0.600. The first-order valence-electron chi connectivity index (χ1n) is 15.9. The van der Waals surface area contributed by atoms with Crippen molar-refractivity contribution in [1.29, 1.82) is 0 Å². The predicted molar refractivity (Wildman–Crippen MR) is 200 cm³/mol. The molecule has 0 aromatic carbocycles. The molecule has 20 heteroatoms. The van der Waals surface area contributed by atoms with Crippen LogP contribution in [0.25, 0.3) is 0 Å². The number of thioether (sulfide) groups is 1. The van der Waals surface area contributed by atoms with Gasteiger partial charge >= 0.3 is 0 Å². The highest BCUT2D eigenvalue weighted by Gasteiger charge is 2.27. The molecule has 10 N–H and O–H groups in total. The number of amides is 6. The Morgan fingerprint density at radius 1 is 0.760 bits per heavy atom. The Kier molecular flexibility index (Phi) is 24.5. The van der Waals surface area contributed by atoms with Gasteiger partial charge in [0.2, 0.25) is 11.8 Å². The average molecular weight is 743 g/mol. The fourth-order valence-corrected chi connectivity index (χ4v) is 4.75. The zero-order valence-corrected chi connectivity index (χ0v) is 31.4. The summed E-state index contributed by atoms with van der Waals surface area (Å²) >= 11 is 5.25. The van der Waals surface area contributed by atoms with Crippen molar-refractivity contribution in [3.63, 3.8) is 0 Å². The van der Waals surface area contributed by atoms with Gasteiger partial charge in [0.15, 0.2) is 11.9 Å². The first-order valence-corrected chi connectivity index (χ1v) is 17.5. The summed E-state index contributed by atoms with van der Waals surface area (Å²) < 4.78 is 0. The first-order chi connectivity index (χ1) is 23.8. The van der Waals surface area contributed by atoms with Crippen LogP contribution >= 0.6 is 24.4 Å². The number of aliphatic imine (C=N–C) groups is 2. The van der Waals surface area contributed by atoms with Gasteiger partial charge in [-0.15, -0.1) is 11.8 Å². The van der Waals surface area contributed by atoms with E-state index < -0.39 is 12.1 Å². The minimum atomic E-state index is -0.580. The quantitative estimate of drug-likeness (QED) is 0.0253. The van der Waals surface area contributed by atoms with Crippen molar-refractivity contribution in [3.8, 4) is 0 Å². The smallest absolute Gasteiger partial charge is 0.267 e. The zero-order valence-electron chi connectivity index (χ0n) is 29.7. The van der Waals surface area contributed by atoms with E-state index in [9.17, 15) is 28.8 Å². The standard InChI is InChI=1S/C15H26N6O3S.C10H23N5OS.C5H5NO2/c1-17-15(18-2)20-6-4-5-10(16)13(23)19-7-8-25-11-9-12(22)21(3)14(11)24;1-12-10(13-2)15-5-3-4-8(11)9(16)14-6-7-17;1-6-4(7)2-3-5(6)8/h9-10H,4-8,16H2,1-3H3,(H,19,23)(H2,17,18,20);8,17H,3-7,11H2,1-2H3,(H,14,16)(H2,12,13,15);2-3H,1H3. The molecule has 0 radical (unpaired) electrons. The molecule has 0 bridgehead atoms. The molecule has 0 spiro atoms. The summed E-state index contributed by atoms with van der Waals surface area (Å²) in [6.07, 6.45) is 6.56. The van der Waals surface area contributed by atoms with Crippen LogP contribution in [0.1, 0.15) is 25.7 Å². The van der Waals surface area contributed by atoms with Crippen molar-refractivity contribution in [2.75, 3.05) is 80.0 Å². The highest BCUT2D eigenvalue weighted by Crippen LogP contribution is 2.22. The molecule has 18 nitrogen and oxygen atoms in total. The zero-order chi connectivity index (χ0) is 38.1. The normalized spacial score (nSPS) is 15.3. The van der Waals surface area contributed by atoms with Gasteiger partial charge in [0.25, 0.3) is 23.6 Å². The molecule has 2 aliphatic heterocycles. The van der Waals surface area contributed by atoms with E-state index in [1.807, 2.05) is 0 Å². The second kappa shape index (κ2) is 26.7. The summed E-state index contributed by atoms with van der Waals surface area (Å²) in [5, 5.41) is 17.4. The lowest BCUT2D eigenvalue weighted by molar-refractivity contribution is -0.136. The topological polar surface area (TPSA) is 258 Å². The minimum absolute atomic E-state index is 0.114. The number of guanidine groups is 2. The Hall–Kier alpha value is -4.14. The van der Waals surface area contributed by atoms with E-state index in [2.05, 4.69) is 54.5 Å². The lowest BCUT2D eigenvalue weighted by atomic mass is 10.1. The lowest BCUT2D eigenvalue weighted by Gasteiger charge is -2.13. The van der Waals surface area contributed by atoms with Gasteiger partial charge in [0, 0.05) is 98.2 Å². The molecule has 0 fully saturated rings. The van der Waals surface area contributed by atoms with Gasteiger partial charge in [0.1, 0.15) is 0 Å². The number of nitrogens with two attached hydrogens (primary N) is 2. The van der Waals surface area contributed by atoms with Gasteiger partial charge in [-0.1, -0.05) is 0 Å². The van der Waals surface area contributed by atoms with Gasteiger partial charge in [-0.25, -0.2) is 0 Å². The van der Waals surface area contributed by atoms with Gasteiger partial charge in [0.05, 0.1) is 17.0 Å². The van der Waals surface area contributed by atoms with Crippen LogP contribution in [-0.2, 0) is 28.8 Å². The largest absolute Gasteiger partial charge is 0.359 e. The van der Waals surface area contributed by atoms with Gasteiger partial charge < -0.3 is 43.4 Å². The number of hydrogen-bond acceptors (Lipinski definition) is 12. The molecule has 2 aliphatic rings. The highest BCUT2D eigenvalue weighted by molar-refractivity contribution is 8.04. The number of nitrogens with zero attached hydrogens (tertiary/aromatic N) is 4. The second-order valence-corrected chi connectivity index (χ2v) is 12.0. The number of thiol groups is 1. The Morgan fingerprint density at radius 3 is 1.56 bits per heavy atom. The van der Waals surface area contributed by atoms with Crippen LogP contribution in [0.15, 0.2) is 33.1 Å². The Labute approximate surface area is 303 Å². The molecule has 2 atom stereocenters. The molecular weight excluding hydrogens is 689 g/mol. The van der Waals surface area contributed by atoms with Crippen molar-refractivity contribution in [2.24, 2.45) is 21.5 Å². The van der Waals surface area contributed by atoms with E-state index in [0.29, 0.717) is 54.8 Å². The third kappa shape index (κ3) is 18.6. The SMILES string of the molecule is CN1C(=O)C=CC1=O.CN=C(NC)NCCCC(N)C(=O)NCCS.CN=C(NC)NCCCC(N)C(=O)NCCSC1=CC(=O)N(C)C1=O. The maximum Gasteiger partial charge on any atom is 0.267 e. The van der Waals surface area contributed by atoms with E-state index in [1.54, 1.807) is 28.2 Å². The second-order valence-electron chi connectivity index (χ2n) is 10.4. The first kappa shape index (κ1) is 45.9.